The number of nitrogens with one attached hydrogen (secondary N) is 1. The van der Waals surface area contributed by atoms with Gasteiger partial charge in [-0.25, -0.2) is 0 Å². The number of hydrogen-bond acceptors (Lipinski definition) is 4. The fourth-order valence-corrected chi connectivity index (χ4v) is 2.59. The second kappa shape index (κ2) is 6.85. The van der Waals surface area contributed by atoms with Gasteiger partial charge in [-0.1, -0.05) is 11.6 Å². The first-order valence-corrected chi connectivity index (χ1v) is 7.05. The lowest BCUT2D eigenvalue weighted by Gasteiger charge is -2.33. The maximum Gasteiger partial charge on any atom is 0.0964 e. The fraction of sp³-hybridized carbons (Fsp3) is 0.846. The average molecular weight is 251 g/mol. The average Bonchev–Trinajstić information content (AvgIpc) is 2.77. The summed E-state index contributed by atoms with van der Waals surface area (Å²) in [7, 11) is 1.90. The zero-order valence-electron chi connectivity index (χ0n) is 11.6. The van der Waals surface area contributed by atoms with Crippen molar-refractivity contribution in [3.63, 3.8) is 0 Å². The molecule has 1 atom stereocenters. The molecule has 0 bridgehead atoms. The van der Waals surface area contributed by atoms with Gasteiger partial charge in [0.2, 0.25) is 0 Å². The minimum absolute atomic E-state index is 0.777. The Morgan fingerprint density at radius 1 is 1.44 bits per heavy atom. The topological polar surface area (TPSA) is 46.0 Å². The van der Waals surface area contributed by atoms with E-state index in [1.807, 2.05) is 13.2 Å². The summed E-state index contributed by atoms with van der Waals surface area (Å²) >= 11 is 0. The third kappa shape index (κ3) is 4.07. The van der Waals surface area contributed by atoms with Crippen LogP contribution >= 0.6 is 0 Å². The zero-order chi connectivity index (χ0) is 12.8. The van der Waals surface area contributed by atoms with Crippen LogP contribution in [0.25, 0.3) is 0 Å². The summed E-state index contributed by atoms with van der Waals surface area (Å²) in [6.07, 6.45) is 7.32. The Morgan fingerprint density at radius 2 is 2.33 bits per heavy atom. The van der Waals surface area contributed by atoms with Gasteiger partial charge < -0.3 is 10.2 Å². The van der Waals surface area contributed by atoms with Crippen molar-refractivity contribution in [3.8, 4) is 0 Å². The van der Waals surface area contributed by atoms with Crippen LogP contribution in [0.5, 0.6) is 0 Å². The molecule has 1 N–H and O–H groups in total. The maximum atomic E-state index is 4.06. The highest BCUT2D eigenvalue weighted by Gasteiger charge is 2.16. The molecule has 1 fully saturated rings. The molecule has 1 aliphatic rings. The molecule has 0 saturated carbocycles. The molecule has 1 saturated heterocycles. The summed E-state index contributed by atoms with van der Waals surface area (Å²) in [5.74, 6) is 0. The van der Waals surface area contributed by atoms with Crippen LogP contribution in [0.3, 0.4) is 0 Å². The first-order chi connectivity index (χ1) is 8.75. The second-order valence-electron chi connectivity index (χ2n) is 5.29. The van der Waals surface area contributed by atoms with Crippen LogP contribution in [-0.2, 0) is 13.6 Å². The Kier molecular flexibility index (Phi) is 5.13. The Bertz CT molecular complexity index is 349. The van der Waals surface area contributed by atoms with E-state index in [9.17, 15) is 0 Å². The van der Waals surface area contributed by atoms with Crippen molar-refractivity contribution < 1.29 is 0 Å². The van der Waals surface area contributed by atoms with E-state index >= 15 is 0 Å². The Balaban J connectivity index is 1.55. The summed E-state index contributed by atoms with van der Waals surface area (Å²) < 4.78 is 1.74. The molecular formula is C13H25N5. The molecule has 5 nitrogen and oxygen atoms in total. The summed E-state index contributed by atoms with van der Waals surface area (Å²) in [6.45, 7) is 6.73. The highest BCUT2D eigenvalue weighted by molar-refractivity contribution is 4.90. The lowest BCUT2D eigenvalue weighted by atomic mass is 10.0. The molecular weight excluding hydrogens is 226 g/mol. The smallest absolute Gasteiger partial charge is 0.0964 e. The summed E-state index contributed by atoms with van der Waals surface area (Å²) in [6, 6.07) is 0.777. The molecule has 2 heterocycles. The zero-order valence-corrected chi connectivity index (χ0v) is 11.6. The number of piperidine rings is 1. The van der Waals surface area contributed by atoms with Gasteiger partial charge in [0.15, 0.2) is 0 Å². The molecule has 102 valence electrons. The first kappa shape index (κ1) is 13.5. The van der Waals surface area contributed by atoms with E-state index in [4.69, 9.17) is 0 Å². The summed E-state index contributed by atoms with van der Waals surface area (Å²) in [5, 5.41) is 11.4. The molecule has 1 aromatic heterocycles. The monoisotopic (exact) mass is 251 g/mol. The predicted octanol–water partition coefficient (Wildman–Crippen LogP) is 1.17. The molecule has 1 unspecified atom stereocenters. The Morgan fingerprint density at radius 3 is 3.06 bits per heavy atom. The van der Waals surface area contributed by atoms with Crippen LogP contribution in [0.1, 0.15) is 38.3 Å². The standard InChI is InChI=1S/C13H25N5/c1-12-6-3-4-8-18(12)9-5-7-14-10-13-11-17(2)16-15-13/h11-12,14H,3-10H2,1-2H3. The van der Waals surface area contributed by atoms with Crippen LogP contribution in [0.4, 0.5) is 0 Å². The van der Waals surface area contributed by atoms with Gasteiger partial charge in [0.05, 0.1) is 5.69 Å². The van der Waals surface area contributed by atoms with E-state index < -0.39 is 0 Å². The minimum atomic E-state index is 0.777. The van der Waals surface area contributed by atoms with Crippen molar-refractivity contribution in [1.82, 2.24) is 25.2 Å². The highest BCUT2D eigenvalue weighted by Crippen LogP contribution is 2.15. The quantitative estimate of drug-likeness (QED) is 0.771. The van der Waals surface area contributed by atoms with E-state index in [2.05, 4.69) is 27.5 Å². The van der Waals surface area contributed by atoms with Gasteiger partial charge in [0, 0.05) is 25.8 Å². The SMILES string of the molecule is CC1CCCCN1CCCNCc1cn(C)nn1. The number of rotatable bonds is 6. The number of hydrogen-bond donors (Lipinski definition) is 1. The van der Waals surface area contributed by atoms with Crippen LogP contribution < -0.4 is 5.32 Å². The third-order valence-corrected chi connectivity index (χ3v) is 3.70. The third-order valence-electron chi connectivity index (χ3n) is 3.70. The van der Waals surface area contributed by atoms with Crippen molar-refractivity contribution in [2.75, 3.05) is 19.6 Å². The van der Waals surface area contributed by atoms with Gasteiger partial charge in [0.25, 0.3) is 0 Å². The molecule has 2 rings (SSSR count). The van der Waals surface area contributed by atoms with E-state index in [1.54, 1.807) is 4.68 Å². The molecule has 0 spiro atoms. The molecule has 0 aliphatic carbocycles. The minimum Gasteiger partial charge on any atom is -0.311 e. The molecule has 0 amide bonds. The van der Waals surface area contributed by atoms with Crippen molar-refractivity contribution >= 4 is 0 Å². The summed E-state index contributed by atoms with van der Waals surface area (Å²) in [5.41, 5.74) is 1.02. The van der Waals surface area contributed by atoms with Gasteiger partial charge >= 0.3 is 0 Å². The van der Waals surface area contributed by atoms with Gasteiger partial charge in [-0.3, -0.25) is 4.68 Å². The molecule has 0 aromatic carbocycles. The van der Waals surface area contributed by atoms with Crippen LogP contribution in [0.15, 0.2) is 6.20 Å². The number of likely N-dealkylation sites (tertiary alicyclic amines) is 1. The van der Waals surface area contributed by atoms with Crippen molar-refractivity contribution in [2.24, 2.45) is 7.05 Å². The number of aryl methyl sites for hydroxylation is 1. The molecule has 5 heteroatoms. The van der Waals surface area contributed by atoms with Crippen LogP contribution in [0, 0.1) is 0 Å². The normalized spacial score (nSPS) is 21.3. The van der Waals surface area contributed by atoms with Gasteiger partial charge in [-0.15, -0.1) is 5.10 Å². The summed E-state index contributed by atoms with van der Waals surface area (Å²) in [4.78, 5) is 2.62. The van der Waals surface area contributed by atoms with E-state index in [1.165, 1.54) is 38.8 Å². The Hall–Kier alpha value is -0.940. The Labute approximate surface area is 110 Å². The van der Waals surface area contributed by atoms with E-state index in [0.29, 0.717) is 0 Å². The second-order valence-corrected chi connectivity index (χ2v) is 5.29. The lowest BCUT2D eigenvalue weighted by Crippen LogP contribution is -2.38. The van der Waals surface area contributed by atoms with E-state index in [0.717, 1.165) is 24.8 Å². The van der Waals surface area contributed by atoms with Crippen LogP contribution in [-0.4, -0.2) is 45.6 Å². The van der Waals surface area contributed by atoms with Gasteiger partial charge in [-0.2, -0.15) is 0 Å². The van der Waals surface area contributed by atoms with Crippen LogP contribution in [0.2, 0.25) is 0 Å². The molecule has 1 aliphatic heterocycles. The van der Waals surface area contributed by atoms with E-state index in [-0.39, 0.29) is 0 Å². The molecule has 1 aromatic rings. The largest absolute Gasteiger partial charge is 0.311 e. The van der Waals surface area contributed by atoms with Crippen molar-refractivity contribution in [1.29, 1.82) is 0 Å². The highest BCUT2D eigenvalue weighted by atomic mass is 15.4. The molecule has 18 heavy (non-hydrogen) atoms. The fourth-order valence-electron chi connectivity index (χ4n) is 2.59. The first-order valence-electron chi connectivity index (χ1n) is 7.05. The molecule has 0 radical (unpaired) electrons. The maximum absolute atomic E-state index is 4.06. The lowest BCUT2D eigenvalue weighted by molar-refractivity contribution is 0.159. The number of nitrogens with zero attached hydrogens (tertiary/aromatic N) is 4. The van der Waals surface area contributed by atoms with Gasteiger partial charge in [0.1, 0.15) is 0 Å². The predicted molar refractivity (Wildman–Crippen MR) is 72.2 cm³/mol. The van der Waals surface area contributed by atoms with Crippen molar-refractivity contribution in [3.05, 3.63) is 11.9 Å². The van der Waals surface area contributed by atoms with Crippen molar-refractivity contribution in [2.45, 2.75) is 45.2 Å². The van der Waals surface area contributed by atoms with Gasteiger partial charge in [-0.05, 0) is 45.8 Å². The number of aromatic nitrogens is 3.